The van der Waals surface area contributed by atoms with Crippen molar-refractivity contribution in [2.45, 2.75) is 19.0 Å². The van der Waals surface area contributed by atoms with E-state index in [-0.39, 0.29) is 19.0 Å². The Morgan fingerprint density at radius 2 is 1.72 bits per heavy atom. The third-order valence-electron chi connectivity index (χ3n) is 5.24. The summed E-state index contributed by atoms with van der Waals surface area (Å²) in [4.78, 5) is 40.8. The molecule has 0 saturated heterocycles. The van der Waals surface area contributed by atoms with E-state index in [1.54, 1.807) is 36.8 Å². The predicted octanol–water partition coefficient (Wildman–Crippen LogP) is 0.739. The van der Waals surface area contributed by atoms with Gasteiger partial charge in [0.2, 0.25) is 5.91 Å². The largest absolute Gasteiger partial charge is 0.388 e. The lowest BCUT2D eigenvalue weighted by Crippen LogP contribution is -2.50. The lowest BCUT2D eigenvalue weighted by atomic mass is 10.1. The standard InChI is InChI=1S/C27H29N5O4/c33-19-25(34)24(17-30-26(35)18-28-13-4-15-32-16-14-29-20-32)31-27(36)23-11-9-22(10-12-23)8-7-21-5-2-1-3-6-21/h1-3,5-6,9-12,14,16,20,24,28,33H,4,13,15,17-19H2,(H,30,35)(H,31,36)/t24-/m0/s1. The number of carbonyl (C=O) groups is 3. The number of aromatic nitrogens is 2. The molecule has 1 atom stereocenters. The first-order valence-electron chi connectivity index (χ1n) is 11.6. The molecule has 1 heterocycles. The van der Waals surface area contributed by atoms with E-state index in [4.69, 9.17) is 0 Å². The summed E-state index contributed by atoms with van der Waals surface area (Å²) >= 11 is 0. The summed E-state index contributed by atoms with van der Waals surface area (Å²) in [6, 6.07) is 15.1. The summed E-state index contributed by atoms with van der Waals surface area (Å²) in [5.74, 6) is 4.68. The molecular formula is C27H29N5O4. The second-order valence-corrected chi connectivity index (χ2v) is 7.98. The first kappa shape index (κ1) is 26.3. The van der Waals surface area contributed by atoms with Gasteiger partial charge in [-0.05, 0) is 49.4 Å². The molecule has 36 heavy (non-hydrogen) atoms. The van der Waals surface area contributed by atoms with Gasteiger partial charge in [-0.2, -0.15) is 0 Å². The average molecular weight is 488 g/mol. The van der Waals surface area contributed by atoms with E-state index in [0.29, 0.717) is 12.1 Å². The third-order valence-corrected chi connectivity index (χ3v) is 5.24. The Kier molecular flexibility index (Phi) is 10.4. The number of aliphatic hydroxyl groups is 1. The van der Waals surface area contributed by atoms with Gasteiger partial charge in [0.25, 0.3) is 5.91 Å². The topological polar surface area (TPSA) is 125 Å². The molecule has 9 heteroatoms. The Bertz CT molecular complexity index is 1180. The number of benzene rings is 2. The van der Waals surface area contributed by atoms with E-state index in [9.17, 15) is 19.5 Å². The number of aryl methyl sites for hydroxylation is 1. The van der Waals surface area contributed by atoms with Crippen LogP contribution in [-0.4, -0.2) is 64.5 Å². The van der Waals surface area contributed by atoms with Gasteiger partial charge in [-0.3, -0.25) is 14.4 Å². The van der Waals surface area contributed by atoms with Crippen LogP contribution in [0.2, 0.25) is 0 Å². The van der Waals surface area contributed by atoms with Crippen molar-refractivity contribution in [3.63, 3.8) is 0 Å². The smallest absolute Gasteiger partial charge is 0.251 e. The fourth-order valence-corrected chi connectivity index (χ4v) is 3.25. The number of amides is 2. The molecule has 9 nitrogen and oxygen atoms in total. The summed E-state index contributed by atoms with van der Waals surface area (Å²) in [5.41, 5.74) is 1.96. The van der Waals surface area contributed by atoms with Crippen molar-refractivity contribution in [1.82, 2.24) is 25.5 Å². The highest BCUT2D eigenvalue weighted by molar-refractivity contribution is 5.98. The maximum absolute atomic E-state index is 12.6. The average Bonchev–Trinajstić information content (AvgIpc) is 3.43. The monoisotopic (exact) mass is 487 g/mol. The molecule has 0 bridgehead atoms. The zero-order chi connectivity index (χ0) is 25.6. The maximum atomic E-state index is 12.6. The van der Waals surface area contributed by atoms with Crippen LogP contribution >= 0.6 is 0 Å². The van der Waals surface area contributed by atoms with Gasteiger partial charge < -0.3 is 25.6 Å². The van der Waals surface area contributed by atoms with Gasteiger partial charge in [-0.15, -0.1) is 0 Å². The van der Waals surface area contributed by atoms with Crippen LogP contribution in [0.5, 0.6) is 0 Å². The van der Waals surface area contributed by atoms with Crippen molar-refractivity contribution in [3.8, 4) is 11.8 Å². The SMILES string of the molecule is O=C(CNCCCn1ccnc1)NC[C@H](NC(=O)c1ccc(C#Cc2ccccc2)cc1)C(=O)CO. The summed E-state index contributed by atoms with van der Waals surface area (Å²) < 4.78 is 1.95. The summed E-state index contributed by atoms with van der Waals surface area (Å²) in [6.45, 7) is 0.618. The van der Waals surface area contributed by atoms with E-state index in [2.05, 4.69) is 32.8 Å². The van der Waals surface area contributed by atoms with E-state index in [1.807, 2.05) is 41.1 Å². The van der Waals surface area contributed by atoms with Gasteiger partial charge in [-0.25, -0.2) is 4.98 Å². The quantitative estimate of drug-likeness (QED) is 0.221. The van der Waals surface area contributed by atoms with Crippen LogP contribution < -0.4 is 16.0 Å². The predicted molar refractivity (Wildman–Crippen MR) is 135 cm³/mol. The van der Waals surface area contributed by atoms with E-state index >= 15 is 0 Å². The fraction of sp³-hybridized carbons (Fsp3) is 0.259. The van der Waals surface area contributed by atoms with E-state index in [1.165, 1.54) is 0 Å². The molecular weight excluding hydrogens is 458 g/mol. The molecule has 0 fully saturated rings. The number of hydrogen-bond donors (Lipinski definition) is 4. The summed E-state index contributed by atoms with van der Waals surface area (Å²) in [5, 5.41) is 17.5. The van der Waals surface area contributed by atoms with Crippen LogP contribution in [0.15, 0.2) is 73.3 Å². The number of carbonyl (C=O) groups excluding carboxylic acids is 3. The minimum Gasteiger partial charge on any atom is -0.388 e. The number of nitrogens with one attached hydrogen (secondary N) is 3. The first-order chi connectivity index (χ1) is 17.5. The summed E-state index contributed by atoms with van der Waals surface area (Å²) in [7, 11) is 0. The van der Waals surface area contributed by atoms with Crippen molar-refractivity contribution >= 4 is 17.6 Å². The van der Waals surface area contributed by atoms with Crippen LogP contribution in [0.3, 0.4) is 0 Å². The van der Waals surface area contributed by atoms with Crippen molar-refractivity contribution in [3.05, 3.63) is 90.0 Å². The van der Waals surface area contributed by atoms with Crippen LogP contribution in [0.1, 0.15) is 27.9 Å². The molecule has 3 aromatic rings. The number of imidazole rings is 1. The normalized spacial score (nSPS) is 11.1. The number of rotatable bonds is 12. The first-order valence-corrected chi connectivity index (χ1v) is 11.6. The highest BCUT2D eigenvalue weighted by Gasteiger charge is 2.21. The molecule has 186 valence electrons. The Morgan fingerprint density at radius 1 is 1.00 bits per heavy atom. The Balaban J connectivity index is 1.45. The molecule has 0 radical (unpaired) electrons. The van der Waals surface area contributed by atoms with Gasteiger partial charge in [0.05, 0.1) is 12.9 Å². The summed E-state index contributed by atoms with van der Waals surface area (Å²) in [6.07, 6.45) is 6.13. The molecule has 2 aromatic carbocycles. The van der Waals surface area contributed by atoms with Crippen LogP contribution in [0.4, 0.5) is 0 Å². The van der Waals surface area contributed by atoms with E-state index in [0.717, 1.165) is 24.1 Å². The van der Waals surface area contributed by atoms with Crippen LogP contribution in [0, 0.1) is 11.8 Å². The zero-order valence-corrected chi connectivity index (χ0v) is 19.8. The molecule has 0 saturated carbocycles. The van der Waals surface area contributed by atoms with Crippen LogP contribution in [0.25, 0.3) is 0 Å². The molecule has 0 spiro atoms. The number of aliphatic hydroxyl groups excluding tert-OH is 1. The van der Waals surface area contributed by atoms with Gasteiger partial charge in [0, 0.05) is 42.2 Å². The van der Waals surface area contributed by atoms with Crippen molar-refractivity contribution < 1.29 is 19.5 Å². The minimum atomic E-state index is -1.05. The van der Waals surface area contributed by atoms with Crippen molar-refractivity contribution in [2.75, 3.05) is 26.2 Å². The minimum absolute atomic E-state index is 0.0728. The molecule has 0 aliphatic rings. The Labute approximate surface area is 209 Å². The van der Waals surface area contributed by atoms with Crippen LogP contribution in [-0.2, 0) is 16.1 Å². The fourth-order valence-electron chi connectivity index (χ4n) is 3.25. The van der Waals surface area contributed by atoms with E-state index < -0.39 is 24.3 Å². The lowest BCUT2D eigenvalue weighted by Gasteiger charge is -2.18. The molecule has 3 rings (SSSR count). The Hall–Kier alpha value is -4.26. The molecule has 1 aromatic heterocycles. The van der Waals surface area contributed by atoms with Crippen molar-refractivity contribution in [1.29, 1.82) is 0 Å². The zero-order valence-electron chi connectivity index (χ0n) is 19.8. The third kappa shape index (κ3) is 8.83. The highest BCUT2D eigenvalue weighted by atomic mass is 16.3. The molecule has 4 N–H and O–H groups in total. The van der Waals surface area contributed by atoms with Gasteiger partial charge >= 0.3 is 0 Å². The Morgan fingerprint density at radius 3 is 2.39 bits per heavy atom. The molecule has 0 aliphatic heterocycles. The second-order valence-electron chi connectivity index (χ2n) is 7.98. The highest BCUT2D eigenvalue weighted by Crippen LogP contribution is 2.05. The molecule has 0 aliphatic carbocycles. The number of hydrogen-bond acceptors (Lipinski definition) is 6. The molecule has 2 amide bonds. The maximum Gasteiger partial charge on any atom is 0.251 e. The van der Waals surface area contributed by atoms with Gasteiger partial charge in [0.1, 0.15) is 12.6 Å². The molecule has 0 unspecified atom stereocenters. The number of nitrogens with zero attached hydrogens (tertiary/aromatic N) is 2. The van der Waals surface area contributed by atoms with Crippen molar-refractivity contribution in [2.24, 2.45) is 0 Å². The lowest BCUT2D eigenvalue weighted by molar-refractivity contribution is -0.124. The van der Waals surface area contributed by atoms with Gasteiger partial charge in [0.15, 0.2) is 5.78 Å². The number of Topliss-reactive ketones (excluding diaryl/α,β-unsaturated/α-hetero) is 1. The second kappa shape index (κ2) is 14.2. The number of ketones is 1. The van der Waals surface area contributed by atoms with Gasteiger partial charge in [-0.1, -0.05) is 30.0 Å².